The van der Waals surface area contributed by atoms with E-state index in [2.05, 4.69) is 16.9 Å². The number of allylic oxidation sites excluding steroid dienone is 2. The van der Waals surface area contributed by atoms with Crippen molar-refractivity contribution >= 4 is 40.9 Å². The van der Waals surface area contributed by atoms with Crippen LogP contribution in [0, 0.1) is 5.41 Å². The molecule has 1 saturated heterocycles. The predicted octanol–water partition coefficient (Wildman–Crippen LogP) is 4.06. The van der Waals surface area contributed by atoms with Gasteiger partial charge in [-0.3, -0.25) is 9.59 Å². The molecule has 2 aromatic carbocycles. The lowest BCUT2D eigenvalue weighted by Crippen LogP contribution is -2.50. The SMILES string of the molecule is C=C/C=C(\N=C(/N)Nc1ccc(C(=O)N2CCN(C(C)=O)CC2)cc1)c1ccc(SCC(C)(C)CO)cc1. The number of thioether (sulfide) groups is 1. The predicted molar refractivity (Wildman–Crippen MR) is 156 cm³/mol. The summed E-state index contributed by atoms with van der Waals surface area (Å²) < 4.78 is 0. The first kappa shape index (κ1) is 29.0. The molecule has 1 aliphatic heterocycles. The zero-order valence-corrected chi connectivity index (χ0v) is 23.1. The summed E-state index contributed by atoms with van der Waals surface area (Å²) in [6, 6.07) is 15.1. The summed E-state index contributed by atoms with van der Waals surface area (Å²) >= 11 is 1.70. The van der Waals surface area contributed by atoms with Crippen LogP contribution in [0.1, 0.15) is 36.7 Å². The molecule has 0 saturated carbocycles. The van der Waals surface area contributed by atoms with Crippen molar-refractivity contribution < 1.29 is 14.7 Å². The third-order valence-corrected chi connectivity index (χ3v) is 7.67. The summed E-state index contributed by atoms with van der Waals surface area (Å²) in [6.07, 6.45) is 3.45. The molecule has 3 rings (SSSR count). The number of guanidine groups is 1. The second-order valence-electron chi connectivity index (χ2n) is 9.92. The molecule has 2 amide bonds. The molecule has 1 fully saturated rings. The van der Waals surface area contributed by atoms with Gasteiger partial charge in [-0.05, 0) is 47.9 Å². The summed E-state index contributed by atoms with van der Waals surface area (Å²) in [7, 11) is 0. The Morgan fingerprint density at radius 1 is 1.05 bits per heavy atom. The van der Waals surface area contributed by atoms with Gasteiger partial charge in [0.15, 0.2) is 5.96 Å². The second-order valence-corrected chi connectivity index (χ2v) is 11.0. The lowest BCUT2D eigenvalue weighted by molar-refractivity contribution is -0.130. The number of anilines is 1. The Hall–Kier alpha value is -3.56. The minimum atomic E-state index is -0.140. The molecule has 0 aliphatic carbocycles. The number of aliphatic hydroxyl groups is 1. The van der Waals surface area contributed by atoms with E-state index >= 15 is 0 Å². The Morgan fingerprint density at radius 3 is 2.18 bits per heavy atom. The molecule has 0 unspecified atom stereocenters. The Morgan fingerprint density at radius 2 is 1.63 bits per heavy atom. The van der Waals surface area contributed by atoms with Crippen LogP contribution < -0.4 is 11.1 Å². The molecule has 1 aliphatic rings. The Labute approximate surface area is 229 Å². The Bertz CT molecular complexity index is 1180. The van der Waals surface area contributed by atoms with Crippen molar-refractivity contribution in [2.24, 2.45) is 16.1 Å². The molecule has 202 valence electrons. The van der Waals surface area contributed by atoms with E-state index in [1.54, 1.807) is 64.9 Å². The van der Waals surface area contributed by atoms with E-state index in [-0.39, 0.29) is 29.8 Å². The van der Waals surface area contributed by atoms with Gasteiger partial charge >= 0.3 is 0 Å². The number of hydrogen-bond donors (Lipinski definition) is 3. The highest BCUT2D eigenvalue weighted by Gasteiger charge is 2.23. The van der Waals surface area contributed by atoms with Gasteiger partial charge in [0.05, 0.1) is 5.70 Å². The Kier molecular flexibility index (Phi) is 10.2. The highest BCUT2D eigenvalue weighted by atomic mass is 32.2. The van der Waals surface area contributed by atoms with Gasteiger partial charge < -0.3 is 26.0 Å². The molecule has 4 N–H and O–H groups in total. The molecule has 1 heterocycles. The average molecular weight is 536 g/mol. The first-order chi connectivity index (χ1) is 18.1. The third-order valence-electron chi connectivity index (χ3n) is 6.14. The van der Waals surface area contributed by atoms with E-state index in [0.29, 0.717) is 43.1 Å². The summed E-state index contributed by atoms with van der Waals surface area (Å²) in [5, 5.41) is 12.5. The molecule has 0 spiro atoms. The van der Waals surface area contributed by atoms with Crippen LogP contribution in [0.3, 0.4) is 0 Å². The number of aliphatic hydroxyl groups excluding tert-OH is 1. The highest BCUT2D eigenvalue weighted by Crippen LogP contribution is 2.28. The van der Waals surface area contributed by atoms with Crippen LogP contribution in [-0.4, -0.2) is 71.2 Å². The maximum Gasteiger partial charge on any atom is 0.253 e. The molecule has 0 bridgehead atoms. The summed E-state index contributed by atoms with van der Waals surface area (Å²) in [6.45, 7) is 11.7. The molecule has 9 heteroatoms. The normalized spacial score (nSPS) is 14.8. The maximum absolute atomic E-state index is 12.8. The quantitative estimate of drug-likeness (QED) is 0.193. The van der Waals surface area contributed by atoms with Gasteiger partial charge in [0.2, 0.25) is 5.91 Å². The first-order valence-corrected chi connectivity index (χ1v) is 13.5. The molecule has 38 heavy (non-hydrogen) atoms. The first-order valence-electron chi connectivity index (χ1n) is 12.5. The number of nitrogens with zero attached hydrogens (tertiary/aromatic N) is 3. The summed E-state index contributed by atoms with van der Waals surface area (Å²) in [5.41, 5.74) is 8.90. The van der Waals surface area contributed by atoms with Crippen LogP contribution >= 0.6 is 11.8 Å². The zero-order valence-electron chi connectivity index (χ0n) is 22.3. The number of nitrogens with one attached hydrogen (secondary N) is 1. The van der Waals surface area contributed by atoms with Crippen molar-refractivity contribution in [3.63, 3.8) is 0 Å². The second kappa shape index (κ2) is 13.3. The summed E-state index contributed by atoms with van der Waals surface area (Å²) in [4.78, 5) is 33.5. The van der Waals surface area contributed by atoms with Gasteiger partial charge in [0.1, 0.15) is 0 Å². The average Bonchev–Trinajstić information content (AvgIpc) is 2.92. The van der Waals surface area contributed by atoms with Crippen LogP contribution in [0.2, 0.25) is 0 Å². The fourth-order valence-electron chi connectivity index (χ4n) is 3.76. The van der Waals surface area contributed by atoms with Crippen LogP contribution in [0.25, 0.3) is 5.70 Å². The largest absolute Gasteiger partial charge is 0.396 e. The number of rotatable bonds is 9. The van der Waals surface area contributed by atoms with Crippen molar-refractivity contribution in [3.8, 4) is 0 Å². The van der Waals surface area contributed by atoms with Gasteiger partial charge in [-0.25, -0.2) is 4.99 Å². The minimum Gasteiger partial charge on any atom is -0.396 e. The Balaban J connectivity index is 1.62. The number of hydrogen-bond acceptors (Lipinski definition) is 5. The number of aliphatic imine (C=N–C) groups is 1. The zero-order chi connectivity index (χ0) is 27.7. The van der Waals surface area contributed by atoms with E-state index in [1.165, 1.54) is 0 Å². The maximum atomic E-state index is 12.8. The lowest BCUT2D eigenvalue weighted by Gasteiger charge is -2.34. The standard InChI is InChI=1S/C29H37N5O3S/c1-5-6-26(22-9-13-25(14-10-22)38-20-29(3,4)19-35)32-28(30)31-24-11-7-23(8-12-24)27(37)34-17-15-33(16-18-34)21(2)36/h5-14,35H,1,15-20H2,2-4H3,(H3,30,31,32)/b26-6-. The van der Waals surface area contributed by atoms with E-state index in [0.717, 1.165) is 16.2 Å². The number of nitrogens with two attached hydrogens (primary N) is 1. The van der Waals surface area contributed by atoms with Gasteiger partial charge in [-0.15, -0.1) is 11.8 Å². The smallest absolute Gasteiger partial charge is 0.253 e. The minimum absolute atomic E-state index is 0.0345. The van der Waals surface area contributed by atoms with Crippen molar-refractivity contribution in [3.05, 3.63) is 78.4 Å². The topological polar surface area (TPSA) is 111 Å². The summed E-state index contributed by atoms with van der Waals surface area (Å²) in [5.74, 6) is 1.00. The monoisotopic (exact) mass is 535 g/mol. The van der Waals surface area contributed by atoms with E-state index in [9.17, 15) is 14.7 Å². The molecule has 2 aromatic rings. The van der Waals surface area contributed by atoms with Crippen molar-refractivity contribution in [1.82, 2.24) is 9.80 Å². The molecule has 0 aromatic heterocycles. The molecular weight excluding hydrogens is 498 g/mol. The van der Waals surface area contributed by atoms with Crippen LogP contribution in [0.5, 0.6) is 0 Å². The number of carbonyl (C=O) groups is 2. The van der Waals surface area contributed by atoms with Crippen molar-refractivity contribution in [2.45, 2.75) is 25.7 Å². The van der Waals surface area contributed by atoms with E-state index in [1.807, 2.05) is 38.1 Å². The van der Waals surface area contributed by atoms with Gasteiger partial charge in [-0.2, -0.15) is 0 Å². The molecule has 0 atom stereocenters. The lowest BCUT2D eigenvalue weighted by atomic mass is 9.98. The van der Waals surface area contributed by atoms with Crippen molar-refractivity contribution in [1.29, 1.82) is 0 Å². The van der Waals surface area contributed by atoms with Crippen LogP contribution in [0.4, 0.5) is 5.69 Å². The number of benzene rings is 2. The fraction of sp³-hybridized carbons (Fsp3) is 0.345. The van der Waals surface area contributed by atoms with Gasteiger partial charge in [-0.1, -0.05) is 38.6 Å². The van der Waals surface area contributed by atoms with Gasteiger partial charge in [0, 0.05) is 67.2 Å². The number of carbonyl (C=O) groups excluding carboxylic acids is 2. The molecule has 8 nitrogen and oxygen atoms in total. The fourth-order valence-corrected chi connectivity index (χ4v) is 4.74. The third kappa shape index (κ3) is 8.22. The van der Waals surface area contributed by atoms with E-state index in [4.69, 9.17) is 5.73 Å². The van der Waals surface area contributed by atoms with Crippen LogP contribution in [-0.2, 0) is 4.79 Å². The van der Waals surface area contributed by atoms with Crippen molar-refractivity contribution in [2.75, 3.05) is 43.9 Å². The highest BCUT2D eigenvalue weighted by molar-refractivity contribution is 7.99. The number of amides is 2. The van der Waals surface area contributed by atoms with Crippen LogP contribution in [0.15, 0.2) is 77.1 Å². The van der Waals surface area contributed by atoms with E-state index < -0.39 is 0 Å². The van der Waals surface area contributed by atoms with Gasteiger partial charge in [0.25, 0.3) is 5.91 Å². The molecule has 0 radical (unpaired) electrons. The molecular formula is C29H37N5O3S. The number of piperazine rings is 1.